The second kappa shape index (κ2) is 7.00. The summed E-state index contributed by atoms with van der Waals surface area (Å²) in [5, 5.41) is 3.04. The standard InChI is InChI=1S/C17H21N3O2S/c1-3-22-14-8-6-13(7-9-14)18-17(21)20-11-12-23-16(20)15-5-4-10-19(15)2/h4-10,16H,3,11-12H2,1-2H3,(H,18,21). The van der Waals surface area contributed by atoms with E-state index in [9.17, 15) is 4.79 Å². The Balaban J connectivity index is 1.68. The number of hydrogen-bond donors (Lipinski definition) is 1. The lowest BCUT2D eigenvalue weighted by molar-refractivity contribution is 0.213. The summed E-state index contributed by atoms with van der Waals surface area (Å²) in [6.45, 7) is 3.34. The number of anilines is 1. The molecule has 1 aromatic carbocycles. The summed E-state index contributed by atoms with van der Waals surface area (Å²) in [6, 6.07) is 11.5. The molecule has 1 aliphatic heterocycles. The predicted octanol–water partition coefficient (Wildman–Crippen LogP) is 3.70. The number of urea groups is 1. The number of rotatable bonds is 4. The van der Waals surface area contributed by atoms with Crippen LogP contribution in [0.5, 0.6) is 5.75 Å². The van der Waals surface area contributed by atoms with Crippen molar-refractivity contribution in [1.29, 1.82) is 0 Å². The van der Waals surface area contributed by atoms with Gasteiger partial charge in [-0.1, -0.05) is 0 Å². The highest BCUT2D eigenvalue weighted by atomic mass is 32.2. The minimum absolute atomic E-state index is 0.0645. The van der Waals surface area contributed by atoms with Crippen LogP contribution in [0.2, 0.25) is 0 Å². The summed E-state index contributed by atoms with van der Waals surface area (Å²) in [5.74, 6) is 1.76. The van der Waals surface area contributed by atoms with Gasteiger partial charge in [-0.2, -0.15) is 0 Å². The van der Waals surface area contributed by atoms with Gasteiger partial charge in [-0.15, -0.1) is 11.8 Å². The van der Waals surface area contributed by atoms with Crippen LogP contribution < -0.4 is 10.1 Å². The van der Waals surface area contributed by atoms with Crippen molar-refractivity contribution in [2.45, 2.75) is 12.3 Å². The molecule has 1 saturated heterocycles. The highest BCUT2D eigenvalue weighted by molar-refractivity contribution is 7.99. The molecule has 0 bridgehead atoms. The zero-order valence-electron chi connectivity index (χ0n) is 13.4. The smallest absolute Gasteiger partial charge is 0.323 e. The van der Waals surface area contributed by atoms with E-state index < -0.39 is 0 Å². The first-order valence-electron chi connectivity index (χ1n) is 7.72. The summed E-state index contributed by atoms with van der Waals surface area (Å²) in [4.78, 5) is 14.5. The van der Waals surface area contributed by atoms with Gasteiger partial charge in [0.05, 0.1) is 12.3 Å². The zero-order chi connectivity index (χ0) is 16.2. The topological polar surface area (TPSA) is 46.5 Å². The van der Waals surface area contributed by atoms with E-state index in [1.807, 2.05) is 55.4 Å². The molecule has 1 aliphatic rings. The molecule has 0 spiro atoms. The number of hydrogen-bond acceptors (Lipinski definition) is 3. The Morgan fingerprint density at radius 2 is 2.13 bits per heavy atom. The van der Waals surface area contributed by atoms with E-state index >= 15 is 0 Å². The van der Waals surface area contributed by atoms with Gasteiger partial charge in [-0.05, 0) is 43.3 Å². The first kappa shape index (κ1) is 15.8. The van der Waals surface area contributed by atoms with E-state index in [2.05, 4.69) is 16.0 Å². The van der Waals surface area contributed by atoms with Gasteiger partial charge in [0.1, 0.15) is 11.1 Å². The van der Waals surface area contributed by atoms with Gasteiger partial charge in [0, 0.05) is 31.2 Å². The molecular weight excluding hydrogens is 310 g/mol. The molecule has 3 rings (SSSR count). The molecular formula is C17H21N3O2S. The highest BCUT2D eigenvalue weighted by Crippen LogP contribution is 2.38. The number of benzene rings is 1. The van der Waals surface area contributed by atoms with Crippen molar-refractivity contribution in [3.63, 3.8) is 0 Å². The quantitative estimate of drug-likeness (QED) is 0.929. The van der Waals surface area contributed by atoms with Crippen molar-refractivity contribution >= 4 is 23.5 Å². The second-order valence-electron chi connectivity index (χ2n) is 5.35. The third kappa shape index (κ3) is 3.47. The fraction of sp³-hybridized carbons (Fsp3) is 0.353. The summed E-state index contributed by atoms with van der Waals surface area (Å²) in [7, 11) is 2.01. The van der Waals surface area contributed by atoms with Crippen LogP contribution in [0.15, 0.2) is 42.6 Å². The summed E-state index contributed by atoms with van der Waals surface area (Å²) in [5.41, 5.74) is 1.93. The number of aryl methyl sites for hydroxylation is 1. The molecule has 1 atom stereocenters. The van der Waals surface area contributed by atoms with E-state index in [4.69, 9.17) is 4.74 Å². The Kier molecular flexibility index (Phi) is 4.81. The zero-order valence-corrected chi connectivity index (χ0v) is 14.2. The highest BCUT2D eigenvalue weighted by Gasteiger charge is 2.32. The van der Waals surface area contributed by atoms with Crippen molar-refractivity contribution in [2.75, 3.05) is 24.2 Å². The number of ether oxygens (including phenoxy) is 1. The van der Waals surface area contributed by atoms with Crippen molar-refractivity contribution in [3.8, 4) is 5.75 Å². The summed E-state index contributed by atoms with van der Waals surface area (Å²) < 4.78 is 7.49. The lowest BCUT2D eigenvalue weighted by Crippen LogP contribution is -2.34. The molecule has 0 saturated carbocycles. The fourth-order valence-electron chi connectivity index (χ4n) is 2.65. The molecule has 23 heavy (non-hydrogen) atoms. The van der Waals surface area contributed by atoms with E-state index in [0.29, 0.717) is 6.61 Å². The normalized spacial score (nSPS) is 17.3. The van der Waals surface area contributed by atoms with Crippen LogP contribution in [0.4, 0.5) is 10.5 Å². The van der Waals surface area contributed by atoms with Crippen LogP contribution in [-0.4, -0.2) is 34.4 Å². The molecule has 1 unspecified atom stereocenters. The molecule has 5 nitrogen and oxygen atoms in total. The SMILES string of the molecule is CCOc1ccc(NC(=O)N2CCSC2c2cccn2C)cc1. The van der Waals surface area contributed by atoms with Gasteiger partial charge in [-0.25, -0.2) is 4.79 Å². The maximum Gasteiger partial charge on any atom is 0.323 e. The monoisotopic (exact) mass is 331 g/mol. The fourth-order valence-corrected chi connectivity index (χ4v) is 3.97. The van der Waals surface area contributed by atoms with Crippen LogP contribution in [0.3, 0.4) is 0 Å². The molecule has 2 heterocycles. The van der Waals surface area contributed by atoms with Gasteiger partial charge in [0.25, 0.3) is 0 Å². The summed E-state index contributed by atoms with van der Waals surface area (Å²) in [6.07, 6.45) is 2.01. The van der Waals surface area contributed by atoms with Gasteiger partial charge >= 0.3 is 6.03 Å². The number of amides is 2. The van der Waals surface area contributed by atoms with E-state index in [1.54, 1.807) is 11.8 Å². The average molecular weight is 331 g/mol. The third-order valence-electron chi connectivity index (χ3n) is 3.81. The van der Waals surface area contributed by atoms with Gasteiger partial charge in [0.15, 0.2) is 0 Å². The first-order chi connectivity index (χ1) is 11.2. The van der Waals surface area contributed by atoms with Gasteiger partial charge in [0.2, 0.25) is 0 Å². The molecule has 2 aromatic rings. The Morgan fingerprint density at radius 1 is 1.35 bits per heavy atom. The van der Waals surface area contributed by atoms with Crippen LogP contribution in [-0.2, 0) is 7.05 Å². The second-order valence-corrected chi connectivity index (χ2v) is 6.54. The van der Waals surface area contributed by atoms with Crippen LogP contribution >= 0.6 is 11.8 Å². The molecule has 2 amide bonds. The lowest BCUT2D eigenvalue weighted by atomic mass is 10.3. The minimum Gasteiger partial charge on any atom is -0.494 e. The van der Waals surface area contributed by atoms with Crippen LogP contribution in [0.1, 0.15) is 18.0 Å². The molecule has 122 valence electrons. The van der Waals surface area contributed by atoms with Crippen molar-refractivity contribution in [1.82, 2.24) is 9.47 Å². The maximum absolute atomic E-state index is 12.6. The Hall–Kier alpha value is -2.08. The number of aromatic nitrogens is 1. The lowest BCUT2D eigenvalue weighted by Gasteiger charge is -2.24. The number of nitrogens with zero attached hydrogens (tertiary/aromatic N) is 2. The van der Waals surface area contributed by atoms with Crippen molar-refractivity contribution in [2.24, 2.45) is 7.05 Å². The molecule has 1 fully saturated rings. The summed E-state index contributed by atoms with van der Waals surface area (Å²) >= 11 is 1.79. The minimum atomic E-state index is -0.0645. The number of carbonyl (C=O) groups is 1. The van der Waals surface area contributed by atoms with Gasteiger partial charge < -0.3 is 19.5 Å². The first-order valence-corrected chi connectivity index (χ1v) is 8.77. The van der Waals surface area contributed by atoms with E-state index in [0.717, 1.165) is 29.4 Å². The molecule has 1 aromatic heterocycles. The Morgan fingerprint density at radius 3 is 2.78 bits per heavy atom. The molecule has 0 aliphatic carbocycles. The molecule has 0 radical (unpaired) electrons. The largest absolute Gasteiger partial charge is 0.494 e. The third-order valence-corrected chi connectivity index (χ3v) is 5.04. The number of carbonyl (C=O) groups excluding carboxylic acids is 1. The number of thioether (sulfide) groups is 1. The Labute approximate surface area is 140 Å². The Bertz CT molecular complexity index is 669. The van der Waals surface area contributed by atoms with Crippen molar-refractivity contribution < 1.29 is 9.53 Å². The van der Waals surface area contributed by atoms with Crippen LogP contribution in [0.25, 0.3) is 0 Å². The average Bonchev–Trinajstić information content (AvgIpc) is 3.17. The molecule has 6 heteroatoms. The van der Waals surface area contributed by atoms with E-state index in [1.165, 1.54) is 0 Å². The van der Waals surface area contributed by atoms with E-state index in [-0.39, 0.29) is 11.4 Å². The predicted molar refractivity (Wildman–Crippen MR) is 93.9 cm³/mol. The van der Waals surface area contributed by atoms with Crippen LogP contribution in [0, 0.1) is 0 Å². The molecule has 1 N–H and O–H groups in total. The van der Waals surface area contributed by atoms with Gasteiger partial charge in [-0.3, -0.25) is 0 Å². The van der Waals surface area contributed by atoms with Crippen molar-refractivity contribution in [3.05, 3.63) is 48.3 Å². The maximum atomic E-state index is 12.6. The number of nitrogens with one attached hydrogen (secondary N) is 1.